The lowest BCUT2D eigenvalue weighted by atomic mass is 10.0. The summed E-state index contributed by atoms with van der Waals surface area (Å²) in [5, 5.41) is 26.5. The van der Waals surface area contributed by atoms with Gasteiger partial charge in [-0.05, 0) is 31.2 Å². The Labute approximate surface area is 156 Å². The predicted molar refractivity (Wildman–Crippen MR) is 98.7 cm³/mol. The zero-order chi connectivity index (χ0) is 19.8. The first-order valence-electron chi connectivity index (χ1n) is 8.25. The Morgan fingerprint density at radius 3 is 2.67 bits per heavy atom. The van der Waals surface area contributed by atoms with Gasteiger partial charge in [0.2, 0.25) is 11.8 Å². The fourth-order valence-corrected chi connectivity index (χ4v) is 2.12. The van der Waals surface area contributed by atoms with Gasteiger partial charge in [0.15, 0.2) is 11.6 Å². The highest BCUT2D eigenvalue weighted by molar-refractivity contribution is 5.93. The molecule has 0 aromatic carbocycles. The molecule has 2 rings (SSSR count). The van der Waals surface area contributed by atoms with Crippen molar-refractivity contribution in [3.63, 3.8) is 0 Å². The number of anilines is 2. The maximum absolute atomic E-state index is 12.3. The van der Waals surface area contributed by atoms with E-state index in [0.717, 1.165) is 0 Å². The highest BCUT2D eigenvalue weighted by Crippen LogP contribution is 2.19. The SMILES string of the molecule is CC(NC(=O)CNc1ccc(C#N)cn1)C(C)C(=O)Nc1ncccc1O. The maximum Gasteiger partial charge on any atom is 0.239 e. The van der Waals surface area contributed by atoms with Crippen LogP contribution in [0, 0.1) is 17.2 Å². The number of aromatic hydroxyl groups is 1. The molecule has 9 nitrogen and oxygen atoms in total. The number of amides is 2. The Bertz CT molecular complexity index is 847. The van der Waals surface area contributed by atoms with Crippen molar-refractivity contribution in [3.05, 3.63) is 42.2 Å². The molecule has 2 aromatic rings. The van der Waals surface area contributed by atoms with Crippen LogP contribution in [0.4, 0.5) is 11.6 Å². The van der Waals surface area contributed by atoms with Gasteiger partial charge in [0, 0.05) is 18.4 Å². The zero-order valence-electron chi connectivity index (χ0n) is 14.9. The first-order valence-corrected chi connectivity index (χ1v) is 8.25. The molecule has 0 bridgehead atoms. The third-order valence-corrected chi connectivity index (χ3v) is 3.90. The summed E-state index contributed by atoms with van der Waals surface area (Å²) in [4.78, 5) is 32.2. The molecule has 2 heterocycles. The van der Waals surface area contributed by atoms with E-state index >= 15 is 0 Å². The van der Waals surface area contributed by atoms with Crippen molar-refractivity contribution in [3.8, 4) is 11.8 Å². The third kappa shape index (κ3) is 5.67. The van der Waals surface area contributed by atoms with Gasteiger partial charge >= 0.3 is 0 Å². The highest BCUT2D eigenvalue weighted by atomic mass is 16.3. The molecule has 0 aliphatic heterocycles. The number of hydrogen-bond donors (Lipinski definition) is 4. The van der Waals surface area contributed by atoms with E-state index in [2.05, 4.69) is 25.9 Å². The smallest absolute Gasteiger partial charge is 0.239 e. The van der Waals surface area contributed by atoms with Crippen molar-refractivity contribution in [2.45, 2.75) is 19.9 Å². The van der Waals surface area contributed by atoms with Crippen molar-refractivity contribution in [2.75, 3.05) is 17.2 Å². The van der Waals surface area contributed by atoms with E-state index in [-0.39, 0.29) is 29.9 Å². The summed E-state index contributed by atoms with van der Waals surface area (Å²) < 4.78 is 0. The zero-order valence-corrected chi connectivity index (χ0v) is 14.9. The summed E-state index contributed by atoms with van der Waals surface area (Å²) in [6, 6.07) is 7.68. The number of nitrogens with zero attached hydrogens (tertiary/aromatic N) is 3. The Balaban J connectivity index is 1.82. The van der Waals surface area contributed by atoms with Crippen molar-refractivity contribution in [1.29, 1.82) is 5.26 Å². The Hall–Kier alpha value is -3.67. The Morgan fingerprint density at radius 2 is 2.04 bits per heavy atom. The maximum atomic E-state index is 12.3. The summed E-state index contributed by atoms with van der Waals surface area (Å²) in [6.45, 7) is 3.34. The molecule has 2 aromatic heterocycles. The minimum atomic E-state index is -0.552. The van der Waals surface area contributed by atoms with Crippen LogP contribution in [0.15, 0.2) is 36.7 Å². The Kier molecular flexibility index (Phi) is 6.66. The van der Waals surface area contributed by atoms with Crippen LogP contribution in [0.1, 0.15) is 19.4 Å². The minimum absolute atomic E-state index is 0.0292. The second kappa shape index (κ2) is 9.15. The van der Waals surface area contributed by atoms with E-state index in [0.29, 0.717) is 11.4 Å². The molecule has 0 saturated heterocycles. The molecule has 140 valence electrons. The third-order valence-electron chi connectivity index (χ3n) is 3.90. The molecule has 2 atom stereocenters. The van der Waals surface area contributed by atoms with Gasteiger partial charge in [-0.1, -0.05) is 6.92 Å². The number of aromatic nitrogens is 2. The average Bonchev–Trinajstić information content (AvgIpc) is 2.67. The summed E-state index contributed by atoms with van der Waals surface area (Å²) in [5.74, 6) is -0.834. The molecular formula is C18H20N6O3. The topological polar surface area (TPSA) is 140 Å². The molecule has 9 heteroatoms. The molecule has 2 unspecified atom stereocenters. The molecule has 0 aliphatic rings. The lowest BCUT2D eigenvalue weighted by Gasteiger charge is -2.21. The Morgan fingerprint density at radius 1 is 1.26 bits per heavy atom. The molecule has 0 saturated carbocycles. The van der Waals surface area contributed by atoms with E-state index < -0.39 is 12.0 Å². The van der Waals surface area contributed by atoms with Crippen LogP contribution in [-0.4, -0.2) is 39.5 Å². The standard InChI is InChI=1S/C18H20N6O3/c1-11(18(27)24-17-14(25)4-3-7-20-17)12(2)23-16(26)10-22-15-6-5-13(8-19)9-21-15/h3-7,9,11-12,25H,10H2,1-2H3,(H,21,22)(H,23,26)(H,20,24,27). The van der Waals surface area contributed by atoms with E-state index in [1.807, 2.05) is 6.07 Å². The number of pyridine rings is 2. The molecule has 4 N–H and O–H groups in total. The van der Waals surface area contributed by atoms with Gasteiger partial charge < -0.3 is 21.1 Å². The van der Waals surface area contributed by atoms with Crippen LogP contribution in [0.5, 0.6) is 5.75 Å². The number of nitrogens with one attached hydrogen (secondary N) is 3. The van der Waals surface area contributed by atoms with Crippen molar-refractivity contribution < 1.29 is 14.7 Å². The van der Waals surface area contributed by atoms with Gasteiger partial charge in [0.25, 0.3) is 0 Å². The second-order valence-electron chi connectivity index (χ2n) is 5.90. The van der Waals surface area contributed by atoms with Crippen LogP contribution < -0.4 is 16.0 Å². The molecule has 0 spiro atoms. The summed E-state index contributed by atoms with van der Waals surface area (Å²) in [6.07, 6.45) is 2.86. The number of carbonyl (C=O) groups excluding carboxylic acids is 2. The summed E-state index contributed by atoms with van der Waals surface area (Å²) in [5.41, 5.74) is 0.428. The van der Waals surface area contributed by atoms with Crippen LogP contribution in [0.25, 0.3) is 0 Å². The van der Waals surface area contributed by atoms with E-state index in [4.69, 9.17) is 5.26 Å². The monoisotopic (exact) mass is 368 g/mol. The molecule has 0 aliphatic carbocycles. The van der Waals surface area contributed by atoms with E-state index in [1.165, 1.54) is 18.5 Å². The first kappa shape index (κ1) is 19.7. The molecule has 0 fully saturated rings. The minimum Gasteiger partial charge on any atom is -0.504 e. The number of rotatable bonds is 7. The van der Waals surface area contributed by atoms with E-state index in [1.54, 1.807) is 32.0 Å². The molecule has 2 amide bonds. The molecule has 27 heavy (non-hydrogen) atoms. The van der Waals surface area contributed by atoms with Gasteiger partial charge in [-0.15, -0.1) is 0 Å². The van der Waals surface area contributed by atoms with Crippen molar-refractivity contribution >= 4 is 23.5 Å². The van der Waals surface area contributed by atoms with Gasteiger partial charge in [-0.25, -0.2) is 9.97 Å². The summed E-state index contributed by atoms with van der Waals surface area (Å²) >= 11 is 0. The van der Waals surface area contributed by atoms with E-state index in [9.17, 15) is 14.7 Å². The van der Waals surface area contributed by atoms with Crippen LogP contribution >= 0.6 is 0 Å². The van der Waals surface area contributed by atoms with Gasteiger partial charge in [-0.2, -0.15) is 5.26 Å². The lowest BCUT2D eigenvalue weighted by molar-refractivity contribution is -0.122. The normalized spacial score (nSPS) is 12.3. The second-order valence-corrected chi connectivity index (χ2v) is 5.90. The van der Waals surface area contributed by atoms with Crippen molar-refractivity contribution in [2.24, 2.45) is 5.92 Å². The highest BCUT2D eigenvalue weighted by Gasteiger charge is 2.22. The number of carbonyl (C=O) groups is 2. The van der Waals surface area contributed by atoms with Crippen LogP contribution in [-0.2, 0) is 9.59 Å². The van der Waals surface area contributed by atoms with Crippen LogP contribution in [0.2, 0.25) is 0 Å². The fraction of sp³-hybridized carbons (Fsp3) is 0.278. The van der Waals surface area contributed by atoms with Gasteiger partial charge in [-0.3, -0.25) is 9.59 Å². The lowest BCUT2D eigenvalue weighted by Crippen LogP contribution is -2.44. The van der Waals surface area contributed by atoms with Crippen molar-refractivity contribution in [1.82, 2.24) is 15.3 Å². The fourth-order valence-electron chi connectivity index (χ4n) is 2.12. The average molecular weight is 368 g/mol. The number of hydrogen-bond acceptors (Lipinski definition) is 7. The predicted octanol–water partition coefficient (Wildman–Crippen LogP) is 1.25. The molecular weight excluding hydrogens is 348 g/mol. The summed E-state index contributed by atoms with van der Waals surface area (Å²) in [7, 11) is 0. The quantitative estimate of drug-likeness (QED) is 0.576. The number of nitriles is 1. The van der Waals surface area contributed by atoms with Gasteiger partial charge in [0.05, 0.1) is 18.0 Å². The first-order chi connectivity index (χ1) is 12.9. The molecule has 0 radical (unpaired) electrons. The van der Waals surface area contributed by atoms with Gasteiger partial charge in [0.1, 0.15) is 11.9 Å². The largest absolute Gasteiger partial charge is 0.504 e. The van der Waals surface area contributed by atoms with Crippen LogP contribution in [0.3, 0.4) is 0 Å².